The second-order valence-electron chi connectivity index (χ2n) is 6.25. The zero-order chi connectivity index (χ0) is 21.6. The van der Waals surface area contributed by atoms with Gasteiger partial charge in [-0.2, -0.15) is 26.3 Å². The van der Waals surface area contributed by atoms with Gasteiger partial charge in [-0.15, -0.1) is 0 Å². The molecule has 27 heavy (non-hydrogen) atoms. The molecule has 0 aromatic heterocycles. The number of halogens is 7. The second kappa shape index (κ2) is 6.95. The van der Waals surface area contributed by atoms with Crippen LogP contribution in [0.15, 0.2) is 17.0 Å². The minimum absolute atomic E-state index is 0.0926. The Kier molecular flexibility index (Phi) is 5.97. The highest BCUT2D eigenvalue weighted by atomic mass is 32.2. The van der Waals surface area contributed by atoms with E-state index in [0.717, 1.165) is 0 Å². The smallest absolute Gasteiger partial charge is 0.435 e. The summed E-state index contributed by atoms with van der Waals surface area (Å²) < 4.78 is 118. The minimum atomic E-state index is -6.54. The monoisotopic (exact) mass is 424 g/mol. The number of hydrogen-bond acceptors (Lipinski definition) is 3. The van der Waals surface area contributed by atoms with Gasteiger partial charge in [-0.25, -0.2) is 17.6 Å². The van der Waals surface area contributed by atoms with Gasteiger partial charge in [0.15, 0.2) is 9.84 Å². The maximum Gasteiger partial charge on any atom is 0.435 e. The fourth-order valence-corrected chi connectivity index (χ4v) is 4.75. The maximum absolute atomic E-state index is 14.5. The van der Waals surface area contributed by atoms with Gasteiger partial charge in [-0.3, -0.25) is 0 Å². The molecule has 0 aliphatic heterocycles. The lowest BCUT2D eigenvalue weighted by molar-refractivity contribution is -0.349. The van der Waals surface area contributed by atoms with Crippen molar-refractivity contribution in [2.45, 2.75) is 43.7 Å². The molecule has 1 rings (SSSR count). The SMILES string of the molecule is Cc1c(C(=O)O)ccc(C(F)(C(F)(F)F)C(F)(F)F)c1S(=O)(=O)CC(C)C. The molecule has 1 N–H and O–H groups in total. The van der Waals surface area contributed by atoms with Crippen LogP contribution in [-0.2, 0) is 15.5 Å². The van der Waals surface area contributed by atoms with Gasteiger partial charge in [-0.1, -0.05) is 19.9 Å². The lowest BCUT2D eigenvalue weighted by atomic mass is 9.91. The zero-order valence-electron chi connectivity index (χ0n) is 14.2. The molecule has 0 amide bonds. The first kappa shape index (κ1) is 23.2. The van der Waals surface area contributed by atoms with Crippen molar-refractivity contribution in [1.29, 1.82) is 0 Å². The van der Waals surface area contributed by atoms with Crippen molar-refractivity contribution in [2.75, 3.05) is 5.75 Å². The molecular weight excluding hydrogens is 409 g/mol. The van der Waals surface area contributed by atoms with Gasteiger partial charge >= 0.3 is 24.0 Å². The highest BCUT2D eigenvalue weighted by Crippen LogP contribution is 2.55. The maximum atomic E-state index is 14.5. The molecule has 1 aromatic carbocycles. The third-order valence-electron chi connectivity index (χ3n) is 3.65. The second-order valence-corrected chi connectivity index (χ2v) is 8.22. The van der Waals surface area contributed by atoms with E-state index < -0.39 is 67.1 Å². The number of alkyl halides is 7. The first-order valence-electron chi connectivity index (χ1n) is 7.30. The Morgan fingerprint density at radius 2 is 1.48 bits per heavy atom. The lowest BCUT2D eigenvalue weighted by Gasteiger charge is -2.32. The van der Waals surface area contributed by atoms with Crippen molar-refractivity contribution in [3.63, 3.8) is 0 Å². The average Bonchev–Trinajstić information content (AvgIpc) is 2.41. The molecule has 0 aliphatic rings. The predicted octanol–water partition coefficient (Wildman–Crippen LogP) is 4.41. The van der Waals surface area contributed by atoms with Gasteiger partial charge in [-0.05, 0) is 24.5 Å². The predicted molar refractivity (Wildman–Crippen MR) is 79.9 cm³/mol. The Balaban J connectivity index is 4.11. The minimum Gasteiger partial charge on any atom is -0.478 e. The van der Waals surface area contributed by atoms with Crippen molar-refractivity contribution < 1.29 is 49.1 Å². The Hall–Kier alpha value is -1.85. The zero-order valence-corrected chi connectivity index (χ0v) is 15.0. The summed E-state index contributed by atoms with van der Waals surface area (Å²) in [5.74, 6) is -3.43. The van der Waals surface area contributed by atoms with Crippen molar-refractivity contribution >= 4 is 15.8 Å². The van der Waals surface area contributed by atoms with Crippen LogP contribution in [0.1, 0.15) is 35.3 Å². The summed E-state index contributed by atoms with van der Waals surface area (Å²) in [4.78, 5) is 9.53. The van der Waals surface area contributed by atoms with E-state index in [0.29, 0.717) is 13.0 Å². The Labute approximate surface area is 149 Å². The van der Waals surface area contributed by atoms with Crippen LogP contribution in [0.4, 0.5) is 30.7 Å². The van der Waals surface area contributed by atoms with Crippen LogP contribution in [0.25, 0.3) is 0 Å². The highest BCUT2D eigenvalue weighted by molar-refractivity contribution is 7.91. The number of hydrogen-bond donors (Lipinski definition) is 1. The van der Waals surface area contributed by atoms with E-state index in [2.05, 4.69) is 0 Å². The van der Waals surface area contributed by atoms with Gasteiger partial charge in [0.25, 0.3) is 0 Å². The lowest BCUT2D eigenvalue weighted by Crippen LogP contribution is -2.51. The van der Waals surface area contributed by atoms with E-state index in [1.807, 2.05) is 0 Å². The van der Waals surface area contributed by atoms with Gasteiger partial charge in [0, 0.05) is 5.56 Å². The van der Waals surface area contributed by atoms with Gasteiger partial charge < -0.3 is 5.11 Å². The summed E-state index contributed by atoms with van der Waals surface area (Å²) in [6.07, 6.45) is -13.1. The Morgan fingerprint density at radius 1 is 1.04 bits per heavy atom. The van der Waals surface area contributed by atoms with Crippen molar-refractivity contribution in [1.82, 2.24) is 0 Å². The van der Waals surface area contributed by atoms with E-state index >= 15 is 0 Å². The standard InChI is InChI=1S/C15H15F7O4S/c1-7(2)6-27(25,26)11-8(3)9(12(23)24)4-5-10(11)13(16,14(17,18)19)15(20,21)22/h4-5,7H,6H2,1-3H3,(H,23,24). The summed E-state index contributed by atoms with van der Waals surface area (Å²) >= 11 is 0. The Bertz CT molecular complexity index is 825. The molecule has 0 spiro atoms. The van der Waals surface area contributed by atoms with E-state index in [1.165, 1.54) is 13.8 Å². The summed E-state index contributed by atoms with van der Waals surface area (Å²) in [5.41, 5.74) is -9.96. The highest BCUT2D eigenvalue weighted by Gasteiger charge is 2.74. The number of rotatable bonds is 5. The third kappa shape index (κ3) is 4.04. The number of benzene rings is 1. The molecule has 0 fully saturated rings. The number of aromatic carboxylic acids is 1. The average molecular weight is 424 g/mol. The molecule has 0 heterocycles. The third-order valence-corrected chi connectivity index (χ3v) is 5.91. The summed E-state index contributed by atoms with van der Waals surface area (Å²) in [6.45, 7) is 3.36. The van der Waals surface area contributed by atoms with Gasteiger partial charge in [0.2, 0.25) is 0 Å². The molecular formula is C15H15F7O4S. The van der Waals surface area contributed by atoms with Crippen LogP contribution in [-0.4, -0.2) is 37.6 Å². The molecule has 0 aliphatic carbocycles. The first-order chi connectivity index (χ1) is 11.9. The summed E-state index contributed by atoms with van der Waals surface area (Å²) in [6, 6.07) is 0.220. The van der Waals surface area contributed by atoms with Crippen LogP contribution < -0.4 is 0 Å². The molecule has 0 bridgehead atoms. The van der Waals surface area contributed by atoms with Crippen LogP contribution in [0.3, 0.4) is 0 Å². The van der Waals surface area contributed by atoms with Crippen molar-refractivity contribution in [3.8, 4) is 0 Å². The van der Waals surface area contributed by atoms with Gasteiger partial charge in [0.1, 0.15) is 0 Å². The number of carboxylic acids is 1. The molecule has 0 radical (unpaired) electrons. The summed E-state index contributed by atoms with van der Waals surface area (Å²) in [5, 5.41) is 9.02. The molecule has 0 unspecified atom stereocenters. The fraction of sp³-hybridized carbons (Fsp3) is 0.533. The largest absolute Gasteiger partial charge is 0.478 e. The normalized spacial score (nSPS) is 13.9. The molecule has 0 atom stereocenters. The topological polar surface area (TPSA) is 71.4 Å². The fourth-order valence-electron chi connectivity index (χ4n) is 2.58. The van der Waals surface area contributed by atoms with Crippen LogP contribution >= 0.6 is 0 Å². The molecule has 0 saturated heterocycles. The van der Waals surface area contributed by atoms with Crippen LogP contribution in [0.5, 0.6) is 0 Å². The molecule has 12 heteroatoms. The van der Waals surface area contributed by atoms with Crippen LogP contribution in [0.2, 0.25) is 0 Å². The van der Waals surface area contributed by atoms with E-state index in [1.54, 1.807) is 0 Å². The molecule has 154 valence electrons. The number of sulfone groups is 1. The van der Waals surface area contributed by atoms with Crippen molar-refractivity contribution in [2.24, 2.45) is 5.92 Å². The van der Waals surface area contributed by atoms with E-state index in [9.17, 15) is 43.9 Å². The van der Waals surface area contributed by atoms with Crippen LogP contribution in [0, 0.1) is 12.8 Å². The van der Waals surface area contributed by atoms with Gasteiger partial charge in [0.05, 0.1) is 16.2 Å². The van der Waals surface area contributed by atoms with E-state index in [-0.39, 0.29) is 6.07 Å². The molecule has 4 nitrogen and oxygen atoms in total. The molecule has 1 aromatic rings. The number of carbonyl (C=O) groups is 1. The quantitative estimate of drug-likeness (QED) is 0.711. The number of carboxylic acid groups (broad SMARTS) is 1. The molecule has 0 saturated carbocycles. The van der Waals surface area contributed by atoms with E-state index in [4.69, 9.17) is 5.11 Å². The first-order valence-corrected chi connectivity index (χ1v) is 8.95. The summed E-state index contributed by atoms with van der Waals surface area (Å²) in [7, 11) is -4.88. The Morgan fingerprint density at radius 3 is 1.81 bits per heavy atom. The van der Waals surface area contributed by atoms with Crippen molar-refractivity contribution in [3.05, 3.63) is 28.8 Å².